The number of hydrogen-bond acceptors (Lipinski definition) is 3. The van der Waals surface area contributed by atoms with Crippen molar-refractivity contribution in [2.24, 2.45) is 0 Å². The number of allylic oxidation sites excluding steroid dienone is 1. The van der Waals surface area contributed by atoms with Crippen LogP contribution in [0.5, 0.6) is 5.75 Å². The summed E-state index contributed by atoms with van der Waals surface area (Å²) in [4.78, 5) is 11.0. The SMILES string of the molecule is C=CCCC(=O)Oc1ccoc1. The highest BCUT2D eigenvalue weighted by atomic mass is 16.5. The minimum Gasteiger partial charge on any atom is -0.469 e. The summed E-state index contributed by atoms with van der Waals surface area (Å²) in [6.45, 7) is 3.50. The molecule has 64 valence electrons. The predicted octanol–water partition coefficient (Wildman–Crippen LogP) is 2.15. The summed E-state index contributed by atoms with van der Waals surface area (Å²) in [5.41, 5.74) is 0. The number of carbonyl (C=O) groups excluding carboxylic acids is 1. The molecule has 0 atom stereocenters. The van der Waals surface area contributed by atoms with Crippen LogP contribution in [0.15, 0.2) is 35.7 Å². The van der Waals surface area contributed by atoms with Crippen LogP contribution in [0.25, 0.3) is 0 Å². The molecule has 12 heavy (non-hydrogen) atoms. The predicted molar refractivity (Wildman–Crippen MR) is 43.8 cm³/mol. The topological polar surface area (TPSA) is 39.4 Å². The molecule has 1 aromatic rings. The van der Waals surface area contributed by atoms with E-state index in [1.807, 2.05) is 0 Å². The van der Waals surface area contributed by atoms with Crippen molar-refractivity contribution >= 4 is 5.97 Å². The van der Waals surface area contributed by atoms with Gasteiger partial charge < -0.3 is 9.15 Å². The molecule has 0 amide bonds. The number of carbonyl (C=O) groups is 1. The average Bonchev–Trinajstić information content (AvgIpc) is 2.53. The Kier molecular flexibility index (Phi) is 3.14. The molecular formula is C9H10O3. The van der Waals surface area contributed by atoms with Gasteiger partial charge in [-0.25, -0.2) is 0 Å². The maximum Gasteiger partial charge on any atom is 0.311 e. The molecule has 1 aromatic heterocycles. The van der Waals surface area contributed by atoms with E-state index in [9.17, 15) is 4.79 Å². The molecule has 0 saturated carbocycles. The largest absolute Gasteiger partial charge is 0.469 e. The summed E-state index contributed by atoms with van der Waals surface area (Å²) >= 11 is 0. The second-order valence-corrected chi connectivity index (χ2v) is 2.26. The lowest BCUT2D eigenvalue weighted by atomic mass is 10.3. The van der Waals surface area contributed by atoms with Crippen LogP contribution >= 0.6 is 0 Å². The van der Waals surface area contributed by atoms with Crippen LogP contribution < -0.4 is 4.74 Å². The second kappa shape index (κ2) is 4.38. The van der Waals surface area contributed by atoms with Crippen molar-refractivity contribution in [1.29, 1.82) is 0 Å². The highest BCUT2D eigenvalue weighted by Crippen LogP contribution is 2.10. The third-order valence-corrected chi connectivity index (χ3v) is 1.28. The lowest BCUT2D eigenvalue weighted by Crippen LogP contribution is -2.05. The quantitative estimate of drug-likeness (QED) is 0.508. The average molecular weight is 166 g/mol. The molecule has 0 aliphatic heterocycles. The third-order valence-electron chi connectivity index (χ3n) is 1.28. The van der Waals surface area contributed by atoms with Crippen molar-refractivity contribution in [3.05, 3.63) is 31.2 Å². The van der Waals surface area contributed by atoms with E-state index in [1.54, 1.807) is 12.1 Å². The lowest BCUT2D eigenvalue weighted by Gasteiger charge is -1.97. The van der Waals surface area contributed by atoms with Gasteiger partial charge in [-0.3, -0.25) is 4.79 Å². The molecule has 3 nitrogen and oxygen atoms in total. The van der Waals surface area contributed by atoms with Gasteiger partial charge in [0.15, 0.2) is 5.75 Å². The van der Waals surface area contributed by atoms with Gasteiger partial charge in [-0.15, -0.1) is 6.58 Å². The Balaban J connectivity index is 2.32. The molecule has 0 aromatic carbocycles. The minimum atomic E-state index is -0.267. The lowest BCUT2D eigenvalue weighted by molar-refractivity contribution is -0.134. The highest BCUT2D eigenvalue weighted by Gasteiger charge is 2.03. The summed E-state index contributed by atoms with van der Waals surface area (Å²) in [5, 5.41) is 0. The molecule has 0 N–H and O–H groups in total. The van der Waals surface area contributed by atoms with E-state index in [-0.39, 0.29) is 5.97 Å². The smallest absolute Gasteiger partial charge is 0.311 e. The number of esters is 1. The first-order valence-electron chi connectivity index (χ1n) is 3.66. The van der Waals surface area contributed by atoms with Gasteiger partial charge in [-0.1, -0.05) is 6.08 Å². The molecular weight excluding hydrogens is 156 g/mol. The monoisotopic (exact) mass is 166 g/mol. The first kappa shape index (κ1) is 8.59. The van der Waals surface area contributed by atoms with Gasteiger partial charge in [-0.05, 0) is 6.42 Å². The van der Waals surface area contributed by atoms with Crippen molar-refractivity contribution in [3.8, 4) is 5.75 Å². The Morgan fingerprint density at radius 1 is 1.75 bits per heavy atom. The van der Waals surface area contributed by atoms with Crippen LogP contribution in [-0.2, 0) is 4.79 Å². The third kappa shape index (κ3) is 2.62. The maximum absolute atomic E-state index is 11.0. The van der Waals surface area contributed by atoms with E-state index in [0.717, 1.165) is 0 Å². The van der Waals surface area contributed by atoms with Crippen molar-refractivity contribution in [1.82, 2.24) is 0 Å². The van der Waals surface area contributed by atoms with Crippen LogP contribution in [0.3, 0.4) is 0 Å². The molecule has 0 unspecified atom stereocenters. The van der Waals surface area contributed by atoms with Crippen molar-refractivity contribution in [3.63, 3.8) is 0 Å². The Bertz CT molecular complexity index is 249. The van der Waals surface area contributed by atoms with Gasteiger partial charge in [0, 0.05) is 12.5 Å². The zero-order chi connectivity index (χ0) is 8.81. The zero-order valence-corrected chi connectivity index (χ0v) is 6.66. The van der Waals surface area contributed by atoms with E-state index in [1.165, 1.54) is 12.5 Å². The van der Waals surface area contributed by atoms with Crippen LogP contribution in [-0.4, -0.2) is 5.97 Å². The van der Waals surface area contributed by atoms with Gasteiger partial charge in [0.1, 0.15) is 6.26 Å². The molecule has 0 bridgehead atoms. The summed E-state index contributed by atoms with van der Waals surface area (Å²) in [5.74, 6) is 0.181. The summed E-state index contributed by atoms with van der Waals surface area (Å²) in [6.07, 6.45) is 5.50. The van der Waals surface area contributed by atoms with Gasteiger partial charge in [0.2, 0.25) is 0 Å². The van der Waals surface area contributed by atoms with Gasteiger partial charge in [-0.2, -0.15) is 0 Å². The normalized spacial score (nSPS) is 9.33. The van der Waals surface area contributed by atoms with Crippen LogP contribution in [0.4, 0.5) is 0 Å². The molecule has 0 aliphatic carbocycles. The van der Waals surface area contributed by atoms with E-state index in [4.69, 9.17) is 9.15 Å². The standard InChI is InChI=1S/C9H10O3/c1-2-3-4-9(10)12-8-5-6-11-7-8/h2,5-7H,1,3-4H2. The zero-order valence-electron chi connectivity index (χ0n) is 6.66. The van der Waals surface area contributed by atoms with Crippen molar-refractivity contribution < 1.29 is 13.9 Å². The number of hydrogen-bond donors (Lipinski definition) is 0. The van der Waals surface area contributed by atoms with Crippen LogP contribution in [0.2, 0.25) is 0 Å². The first-order valence-corrected chi connectivity index (χ1v) is 3.66. The van der Waals surface area contributed by atoms with Gasteiger partial charge >= 0.3 is 5.97 Å². The first-order chi connectivity index (χ1) is 5.83. The maximum atomic E-state index is 11.0. The minimum absolute atomic E-state index is 0.267. The highest BCUT2D eigenvalue weighted by molar-refractivity contribution is 5.72. The molecule has 1 rings (SSSR count). The number of furan rings is 1. The van der Waals surface area contributed by atoms with Gasteiger partial charge in [0.25, 0.3) is 0 Å². The molecule has 0 spiro atoms. The molecule has 1 heterocycles. The van der Waals surface area contributed by atoms with E-state index in [0.29, 0.717) is 18.6 Å². The molecule has 3 heteroatoms. The molecule has 0 saturated heterocycles. The van der Waals surface area contributed by atoms with E-state index in [2.05, 4.69) is 6.58 Å². The van der Waals surface area contributed by atoms with Gasteiger partial charge in [0.05, 0.1) is 6.26 Å². The van der Waals surface area contributed by atoms with Crippen LogP contribution in [0.1, 0.15) is 12.8 Å². The van der Waals surface area contributed by atoms with Crippen molar-refractivity contribution in [2.75, 3.05) is 0 Å². The fraction of sp³-hybridized carbons (Fsp3) is 0.222. The summed E-state index contributed by atoms with van der Waals surface area (Å²) < 4.78 is 9.60. The molecule has 0 aliphatic rings. The Morgan fingerprint density at radius 3 is 3.17 bits per heavy atom. The Morgan fingerprint density at radius 2 is 2.58 bits per heavy atom. The van der Waals surface area contributed by atoms with E-state index < -0.39 is 0 Å². The van der Waals surface area contributed by atoms with E-state index >= 15 is 0 Å². The summed E-state index contributed by atoms with van der Waals surface area (Å²) in [6, 6.07) is 1.59. The Labute approximate surface area is 70.6 Å². The van der Waals surface area contributed by atoms with Crippen molar-refractivity contribution in [2.45, 2.75) is 12.8 Å². The van der Waals surface area contributed by atoms with Crippen LogP contribution in [0, 0.1) is 0 Å². The Hall–Kier alpha value is -1.51. The fourth-order valence-corrected chi connectivity index (χ4v) is 0.712. The second-order valence-electron chi connectivity index (χ2n) is 2.26. The number of ether oxygens (including phenoxy) is 1. The summed E-state index contributed by atoms with van der Waals surface area (Å²) in [7, 11) is 0. The fourth-order valence-electron chi connectivity index (χ4n) is 0.712. The molecule has 0 radical (unpaired) electrons. The number of rotatable bonds is 4. The molecule has 0 fully saturated rings.